The van der Waals surface area contributed by atoms with Crippen LogP contribution in [0, 0.1) is 0 Å². The number of hydrogen-bond acceptors (Lipinski definition) is 2. The average molecular weight is 248 g/mol. The number of benzene rings is 1. The Bertz CT molecular complexity index is 371. The van der Waals surface area contributed by atoms with E-state index in [1.165, 1.54) is 12.8 Å². The molecule has 100 valence electrons. The second-order valence-corrected chi connectivity index (χ2v) is 4.82. The van der Waals surface area contributed by atoms with Crippen LogP contribution in [0.1, 0.15) is 43.5 Å². The third-order valence-corrected chi connectivity index (χ3v) is 3.04. The lowest BCUT2D eigenvalue weighted by Gasteiger charge is -2.18. The molecule has 0 aliphatic rings. The highest BCUT2D eigenvalue weighted by atomic mass is 16.2. The first-order chi connectivity index (χ1) is 8.58. The third kappa shape index (κ3) is 4.06. The Kier molecular flexibility index (Phi) is 5.69. The highest BCUT2D eigenvalue weighted by molar-refractivity contribution is 5.94. The molecule has 0 spiro atoms. The fourth-order valence-electron chi connectivity index (χ4n) is 1.93. The van der Waals surface area contributed by atoms with E-state index in [0.29, 0.717) is 6.04 Å². The molecule has 0 radical (unpaired) electrons. The van der Waals surface area contributed by atoms with Gasteiger partial charge in [-0.25, -0.2) is 0 Å². The van der Waals surface area contributed by atoms with Gasteiger partial charge in [-0.2, -0.15) is 0 Å². The van der Waals surface area contributed by atoms with Gasteiger partial charge >= 0.3 is 0 Å². The molecule has 1 atom stereocenters. The molecule has 0 saturated carbocycles. The van der Waals surface area contributed by atoms with E-state index in [0.717, 1.165) is 17.7 Å². The van der Waals surface area contributed by atoms with Gasteiger partial charge in [0.05, 0.1) is 0 Å². The van der Waals surface area contributed by atoms with Crippen molar-refractivity contribution in [3.63, 3.8) is 0 Å². The molecule has 0 fully saturated rings. The van der Waals surface area contributed by atoms with Crippen molar-refractivity contribution >= 4 is 11.6 Å². The molecule has 0 heterocycles. The number of hydrogen-bond donors (Lipinski definition) is 1. The number of nitrogens with one attached hydrogen (secondary N) is 1. The number of rotatable bonds is 6. The second-order valence-electron chi connectivity index (χ2n) is 4.82. The molecule has 18 heavy (non-hydrogen) atoms. The molecule has 0 bridgehead atoms. The molecule has 1 rings (SSSR count). The van der Waals surface area contributed by atoms with E-state index in [2.05, 4.69) is 19.2 Å². The predicted octanol–water partition coefficient (Wildman–Crippen LogP) is 3.38. The van der Waals surface area contributed by atoms with E-state index in [1.807, 2.05) is 24.3 Å². The van der Waals surface area contributed by atoms with Crippen molar-refractivity contribution in [2.45, 2.75) is 39.2 Å². The minimum absolute atomic E-state index is 0.0437. The summed E-state index contributed by atoms with van der Waals surface area (Å²) in [6.45, 7) is 4.39. The average Bonchev–Trinajstić information content (AvgIpc) is 2.38. The van der Waals surface area contributed by atoms with Crippen molar-refractivity contribution in [1.29, 1.82) is 0 Å². The molecule has 0 aliphatic heterocycles. The van der Waals surface area contributed by atoms with Crippen LogP contribution in [0.3, 0.4) is 0 Å². The number of carbonyl (C=O) groups excluding carboxylic acids is 1. The summed E-state index contributed by atoms with van der Waals surface area (Å²) in [5, 5.41) is 3.50. The topological polar surface area (TPSA) is 32.3 Å². The third-order valence-electron chi connectivity index (χ3n) is 3.04. The Morgan fingerprint density at radius 3 is 2.28 bits per heavy atom. The van der Waals surface area contributed by atoms with E-state index >= 15 is 0 Å². The normalized spacial score (nSPS) is 12.0. The van der Waals surface area contributed by atoms with Gasteiger partial charge in [-0.15, -0.1) is 0 Å². The number of nitrogens with zero attached hydrogens (tertiary/aromatic N) is 1. The van der Waals surface area contributed by atoms with Crippen molar-refractivity contribution in [2.75, 3.05) is 19.4 Å². The summed E-state index contributed by atoms with van der Waals surface area (Å²) in [6, 6.07) is 8.24. The van der Waals surface area contributed by atoms with Gasteiger partial charge in [0.1, 0.15) is 0 Å². The number of amides is 1. The van der Waals surface area contributed by atoms with Gasteiger partial charge < -0.3 is 10.2 Å². The molecule has 1 amide bonds. The molecule has 1 aromatic rings. The summed E-state index contributed by atoms with van der Waals surface area (Å²) in [7, 11) is 3.53. The zero-order chi connectivity index (χ0) is 13.5. The quantitative estimate of drug-likeness (QED) is 0.837. The highest BCUT2D eigenvalue weighted by Crippen LogP contribution is 2.14. The molecule has 0 aromatic heterocycles. The molecule has 1 aromatic carbocycles. The zero-order valence-electron chi connectivity index (χ0n) is 11.9. The minimum atomic E-state index is 0.0437. The summed E-state index contributed by atoms with van der Waals surface area (Å²) >= 11 is 0. The second kappa shape index (κ2) is 7.04. The Morgan fingerprint density at radius 2 is 1.83 bits per heavy atom. The maximum atomic E-state index is 11.7. The molecule has 3 heteroatoms. The maximum Gasteiger partial charge on any atom is 0.253 e. The molecule has 1 unspecified atom stereocenters. The first kappa shape index (κ1) is 14.6. The standard InChI is InChI=1S/C15H24N2O/c1-5-7-13(6-2)16-14-10-8-12(9-11-14)15(18)17(3)4/h8-11,13,16H,5-7H2,1-4H3. The van der Waals surface area contributed by atoms with E-state index < -0.39 is 0 Å². The zero-order valence-corrected chi connectivity index (χ0v) is 11.9. The van der Waals surface area contributed by atoms with Crippen molar-refractivity contribution in [3.05, 3.63) is 29.8 Å². The van der Waals surface area contributed by atoms with Crippen molar-refractivity contribution in [1.82, 2.24) is 4.90 Å². The van der Waals surface area contributed by atoms with Gasteiger partial charge in [0, 0.05) is 31.4 Å². The van der Waals surface area contributed by atoms with Crippen LogP contribution >= 0.6 is 0 Å². The molecular formula is C15H24N2O. The van der Waals surface area contributed by atoms with Crippen LogP contribution in [-0.2, 0) is 0 Å². The Labute approximate surface area is 110 Å². The van der Waals surface area contributed by atoms with E-state index in [9.17, 15) is 4.79 Å². The van der Waals surface area contributed by atoms with Gasteiger partial charge in [0.25, 0.3) is 5.91 Å². The lowest BCUT2D eigenvalue weighted by molar-refractivity contribution is 0.0827. The van der Waals surface area contributed by atoms with Crippen LogP contribution in [0.25, 0.3) is 0 Å². The van der Waals surface area contributed by atoms with Gasteiger partial charge in [0.15, 0.2) is 0 Å². The van der Waals surface area contributed by atoms with Crippen LogP contribution in [0.5, 0.6) is 0 Å². The molecule has 1 N–H and O–H groups in total. The van der Waals surface area contributed by atoms with Gasteiger partial charge in [-0.1, -0.05) is 20.3 Å². The number of anilines is 1. The Hall–Kier alpha value is -1.51. The summed E-state index contributed by atoms with van der Waals surface area (Å²) in [5.74, 6) is 0.0437. The van der Waals surface area contributed by atoms with Crippen LogP contribution in [0.2, 0.25) is 0 Å². The van der Waals surface area contributed by atoms with E-state index in [1.54, 1.807) is 19.0 Å². The molecule has 0 saturated heterocycles. The first-order valence-electron chi connectivity index (χ1n) is 6.66. The van der Waals surface area contributed by atoms with Gasteiger partial charge in [0.2, 0.25) is 0 Å². The van der Waals surface area contributed by atoms with Gasteiger partial charge in [-0.3, -0.25) is 4.79 Å². The van der Waals surface area contributed by atoms with E-state index in [4.69, 9.17) is 0 Å². The number of carbonyl (C=O) groups is 1. The molecule has 0 aliphatic carbocycles. The van der Waals surface area contributed by atoms with Crippen LogP contribution in [0.4, 0.5) is 5.69 Å². The lowest BCUT2D eigenvalue weighted by atomic mass is 10.1. The summed E-state index contributed by atoms with van der Waals surface area (Å²) < 4.78 is 0. The molecular weight excluding hydrogens is 224 g/mol. The SMILES string of the molecule is CCCC(CC)Nc1ccc(C(=O)N(C)C)cc1. The predicted molar refractivity (Wildman–Crippen MR) is 77.1 cm³/mol. The van der Waals surface area contributed by atoms with Crippen LogP contribution in [0.15, 0.2) is 24.3 Å². The summed E-state index contributed by atoms with van der Waals surface area (Å²) in [4.78, 5) is 13.3. The Morgan fingerprint density at radius 1 is 1.22 bits per heavy atom. The minimum Gasteiger partial charge on any atom is -0.382 e. The maximum absolute atomic E-state index is 11.7. The van der Waals surface area contributed by atoms with Crippen LogP contribution in [-0.4, -0.2) is 30.9 Å². The summed E-state index contributed by atoms with van der Waals surface area (Å²) in [5.41, 5.74) is 1.82. The highest BCUT2D eigenvalue weighted by Gasteiger charge is 2.08. The largest absolute Gasteiger partial charge is 0.382 e. The Balaban J connectivity index is 2.68. The molecule has 3 nitrogen and oxygen atoms in total. The van der Waals surface area contributed by atoms with Crippen LogP contribution < -0.4 is 5.32 Å². The summed E-state index contributed by atoms with van der Waals surface area (Å²) in [6.07, 6.45) is 3.48. The smallest absolute Gasteiger partial charge is 0.253 e. The fraction of sp³-hybridized carbons (Fsp3) is 0.533. The van der Waals surface area contributed by atoms with Crippen molar-refractivity contribution in [2.24, 2.45) is 0 Å². The monoisotopic (exact) mass is 248 g/mol. The van der Waals surface area contributed by atoms with E-state index in [-0.39, 0.29) is 5.91 Å². The van der Waals surface area contributed by atoms with Crippen molar-refractivity contribution in [3.8, 4) is 0 Å². The fourth-order valence-corrected chi connectivity index (χ4v) is 1.93. The lowest BCUT2D eigenvalue weighted by Crippen LogP contribution is -2.22. The van der Waals surface area contributed by atoms with Crippen molar-refractivity contribution < 1.29 is 4.79 Å². The van der Waals surface area contributed by atoms with Gasteiger partial charge in [-0.05, 0) is 37.1 Å². The first-order valence-corrected chi connectivity index (χ1v) is 6.66.